The summed E-state index contributed by atoms with van der Waals surface area (Å²) in [6.45, 7) is 4.81. The highest BCUT2D eigenvalue weighted by Gasteiger charge is 2.28. The molecule has 5 heteroatoms. The minimum atomic E-state index is -1.01. The lowest BCUT2D eigenvalue weighted by molar-refractivity contribution is -0.140. The van der Waals surface area contributed by atoms with Crippen molar-refractivity contribution >= 4 is 11.9 Å². The zero-order valence-electron chi connectivity index (χ0n) is 13.8. The van der Waals surface area contributed by atoms with Crippen molar-refractivity contribution < 1.29 is 19.4 Å². The van der Waals surface area contributed by atoms with Gasteiger partial charge in [-0.3, -0.25) is 4.79 Å². The molecule has 0 radical (unpaired) electrons. The molecule has 0 aliphatic heterocycles. The summed E-state index contributed by atoms with van der Waals surface area (Å²) in [6.07, 6.45) is -1.01. The van der Waals surface area contributed by atoms with Gasteiger partial charge in [-0.2, -0.15) is 0 Å². The fraction of sp³-hybridized carbons (Fsp3) is 0.263. The van der Waals surface area contributed by atoms with E-state index in [1.807, 2.05) is 19.9 Å². The molecule has 2 aromatic rings. The van der Waals surface area contributed by atoms with Crippen LogP contribution in [-0.2, 0) is 9.53 Å². The van der Waals surface area contributed by atoms with Crippen molar-refractivity contribution in [1.29, 1.82) is 0 Å². The van der Waals surface area contributed by atoms with Gasteiger partial charge in [0, 0.05) is 18.7 Å². The molecule has 126 valence electrons. The van der Waals surface area contributed by atoms with E-state index in [9.17, 15) is 14.7 Å². The lowest BCUT2D eigenvalue weighted by Gasteiger charge is -2.25. The zero-order chi connectivity index (χ0) is 17.5. The fourth-order valence-electron chi connectivity index (χ4n) is 2.40. The number of esters is 1. The van der Waals surface area contributed by atoms with Gasteiger partial charge in [0.25, 0.3) is 5.91 Å². The Balaban J connectivity index is 2.29. The van der Waals surface area contributed by atoms with Crippen LogP contribution in [0, 0.1) is 0 Å². The number of carbonyl (C=O) groups is 2. The number of ether oxygens (including phenoxy) is 1. The van der Waals surface area contributed by atoms with Crippen LogP contribution in [0.25, 0.3) is 0 Å². The maximum Gasteiger partial charge on any atom is 0.339 e. The first-order valence-corrected chi connectivity index (χ1v) is 7.90. The average molecular weight is 327 g/mol. The van der Waals surface area contributed by atoms with Gasteiger partial charge >= 0.3 is 5.97 Å². The van der Waals surface area contributed by atoms with Crippen molar-refractivity contribution in [2.45, 2.75) is 20.0 Å². The molecule has 0 aromatic heterocycles. The Morgan fingerprint density at radius 3 is 2.29 bits per heavy atom. The molecule has 1 atom stereocenters. The number of likely N-dealkylation sites (N-methyl/N-ethyl adjacent to an activating group) is 1. The van der Waals surface area contributed by atoms with E-state index >= 15 is 0 Å². The quantitative estimate of drug-likeness (QED) is 0.828. The number of hydrogen-bond acceptors (Lipinski definition) is 4. The molecule has 0 fully saturated rings. The van der Waals surface area contributed by atoms with E-state index < -0.39 is 12.1 Å². The SMILES string of the molecule is CCN(CC)C(=O)[C@H](OC(=O)c1cccc(O)c1)c1ccccc1. The number of benzene rings is 2. The molecule has 0 bridgehead atoms. The Morgan fingerprint density at radius 1 is 1.04 bits per heavy atom. The second kappa shape index (κ2) is 8.15. The summed E-state index contributed by atoms with van der Waals surface area (Å²) in [4.78, 5) is 26.7. The number of carbonyl (C=O) groups excluding carboxylic acids is 2. The Kier molecular flexibility index (Phi) is 5.95. The molecule has 0 aliphatic carbocycles. The van der Waals surface area contributed by atoms with Gasteiger partial charge < -0.3 is 14.7 Å². The lowest BCUT2D eigenvalue weighted by Crippen LogP contribution is -2.36. The number of phenols is 1. The third kappa shape index (κ3) is 4.13. The Morgan fingerprint density at radius 2 is 1.71 bits per heavy atom. The van der Waals surface area contributed by atoms with Gasteiger partial charge in [0.2, 0.25) is 6.10 Å². The van der Waals surface area contributed by atoms with Gasteiger partial charge in [-0.05, 0) is 32.0 Å². The molecule has 0 unspecified atom stereocenters. The van der Waals surface area contributed by atoms with Crippen molar-refractivity contribution in [3.8, 4) is 5.75 Å². The maximum absolute atomic E-state index is 12.7. The summed E-state index contributed by atoms with van der Waals surface area (Å²) in [7, 11) is 0. The highest BCUT2D eigenvalue weighted by molar-refractivity contribution is 5.93. The third-order valence-electron chi connectivity index (χ3n) is 3.71. The number of hydrogen-bond donors (Lipinski definition) is 1. The summed E-state index contributed by atoms with van der Waals surface area (Å²) in [5.41, 5.74) is 0.811. The topological polar surface area (TPSA) is 66.8 Å². The minimum Gasteiger partial charge on any atom is -0.508 e. The van der Waals surface area contributed by atoms with Crippen molar-refractivity contribution in [1.82, 2.24) is 4.90 Å². The standard InChI is InChI=1S/C19H21NO4/c1-3-20(4-2)18(22)17(14-9-6-5-7-10-14)24-19(23)15-11-8-12-16(21)13-15/h5-13,17,21H,3-4H2,1-2H3/t17-/m1/s1. The summed E-state index contributed by atoms with van der Waals surface area (Å²) < 4.78 is 5.48. The van der Waals surface area contributed by atoms with E-state index in [0.29, 0.717) is 18.7 Å². The predicted octanol–water partition coefficient (Wildman–Crippen LogP) is 3.16. The van der Waals surface area contributed by atoms with Gasteiger partial charge in [0.05, 0.1) is 5.56 Å². The third-order valence-corrected chi connectivity index (χ3v) is 3.71. The molecule has 24 heavy (non-hydrogen) atoms. The molecular weight excluding hydrogens is 306 g/mol. The van der Waals surface area contributed by atoms with E-state index in [0.717, 1.165) is 0 Å². The first-order valence-electron chi connectivity index (χ1n) is 7.90. The average Bonchev–Trinajstić information content (AvgIpc) is 2.61. The van der Waals surface area contributed by atoms with Crippen LogP contribution in [0.3, 0.4) is 0 Å². The van der Waals surface area contributed by atoms with Crippen molar-refractivity contribution in [3.63, 3.8) is 0 Å². The molecule has 0 saturated carbocycles. The van der Waals surface area contributed by atoms with Gasteiger partial charge in [-0.15, -0.1) is 0 Å². The highest BCUT2D eigenvalue weighted by Crippen LogP contribution is 2.23. The van der Waals surface area contributed by atoms with Crippen LogP contribution in [0.2, 0.25) is 0 Å². The number of aromatic hydroxyl groups is 1. The smallest absolute Gasteiger partial charge is 0.339 e. The molecule has 2 aromatic carbocycles. The van der Waals surface area contributed by atoms with Crippen LogP contribution in [0.4, 0.5) is 0 Å². The van der Waals surface area contributed by atoms with Crippen molar-refractivity contribution in [3.05, 3.63) is 65.7 Å². The van der Waals surface area contributed by atoms with Crippen molar-refractivity contribution in [2.75, 3.05) is 13.1 Å². The monoisotopic (exact) mass is 327 g/mol. The molecule has 1 N–H and O–H groups in total. The Labute approximate surface area is 141 Å². The van der Waals surface area contributed by atoms with E-state index in [1.165, 1.54) is 18.2 Å². The van der Waals surface area contributed by atoms with E-state index in [1.54, 1.807) is 35.2 Å². The molecule has 0 saturated heterocycles. The van der Waals surface area contributed by atoms with Crippen molar-refractivity contribution in [2.24, 2.45) is 0 Å². The Hall–Kier alpha value is -2.82. The second-order valence-corrected chi connectivity index (χ2v) is 5.26. The highest BCUT2D eigenvalue weighted by atomic mass is 16.5. The Bertz CT molecular complexity index is 696. The molecule has 2 rings (SSSR count). The van der Waals surface area contributed by atoms with Gasteiger partial charge in [-0.1, -0.05) is 36.4 Å². The first kappa shape index (κ1) is 17.5. The summed E-state index contributed by atoms with van der Waals surface area (Å²) in [5, 5.41) is 9.50. The maximum atomic E-state index is 12.7. The minimum absolute atomic E-state index is 0.0317. The van der Waals surface area contributed by atoms with Gasteiger partial charge in [0.1, 0.15) is 5.75 Å². The van der Waals surface area contributed by atoms with Crippen LogP contribution in [0.5, 0.6) is 5.75 Å². The predicted molar refractivity (Wildman–Crippen MR) is 90.6 cm³/mol. The van der Waals surface area contributed by atoms with Crippen LogP contribution >= 0.6 is 0 Å². The molecule has 1 amide bonds. The van der Waals surface area contributed by atoms with Crippen LogP contribution in [0.15, 0.2) is 54.6 Å². The largest absolute Gasteiger partial charge is 0.508 e. The van der Waals surface area contributed by atoms with E-state index in [2.05, 4.69) is 0 Å². The molecule has 0 spiro atoms. The lowest BCUT2D eigenvalue weighted by atomic mass is 10.1. The van der Waals surface area contributed by atoms with Crippen LogP contribution < -0.4 is 0 Å². The number of amides is 1. The number of nitrogens with zero attached hydrogens (tertiary/aromatic N) is 1. The molecule has 5 nitrogen and oxygen atoms in total. The summed E-state index contributed by atoms with van der Waals surface area (Å²) in [5.74, 6) is -0.948. The van der Waals surface area contributed by atoms with E-state index in [4.69, 9.17) is 4.74 Å². The fourth-order valence-corrected chi connectivity index (χ4v) is 2.40. The van der Waals surface area contributed by atoms with Gasteiger partial charge in [0.15, 0.2) is 0 Å². The summed E-state index contributed by atoms with van der Waals surface area (Å²) >= 11 is 0. The number of rotatable bonds is 6. The van der Waals surface area contributed by atoms with Crippen LogP contribution in [0.1, 0.15) is 35.9 Å². The van der Waals surface area contributed by atoms with Gasteiger partial charge in [-0.25, -0.2) is 4.79 Å². The molecule has 0 aliphatic rings. The summed E-state index contributed by atoms with van der Waals surface area (Å²) in [6, 6.07) is 14.8. The molecule has 0 heterocycles. The van der Waals surface area contributed by atoms with E-state index in [-0.39, 0.29) is 17.2 Å². The molecular formula is C19H21NO4. The number of phenolic OH excluding ortho intramolecular Hbond substituents is 1. The first-order chi connectivity index (χ1) is 11.6. The van der Waals surface area contributed by atoms with Crippen LogP contribution in [-0.4, -0.2) is 35.0 Å². The second-order valence-electron chi connectivity index (χ2n) is 5.26. The zero-order valence-corrected chi connectivity index (χ0v) is 13.8. The normalized spacial score (nSPS) is 11.6.